The first-order valence-electron chi connectivity index (χ1n) is 8.98. The van der Waals surface area contributed by atoms with Gasteiger partial charge in [-0.2, -0.15) is 0 Å². The van der Waals surface area contributed by atoms with Crippen molar-refractivity contribution in [2.75, 3.05) is 36.0 Å². The minimum atomic E-state index is -0.0108. The van der Waals surface area contributed by atoms with Crippen LogP contribution >= 0.6 is 0 Å². The summed E-state index contributed by atoms with van der Waals surface area (Å²) in [5, 5.41) is 0. The van der Waals surface area contributed by atoms with E-state index in [1.54, 1.807) is 17.3 Å². The summed E-state index contributed by atoms with van der Waals surface area (Å²) < 4.78 is 0. The normalized spacial score (nSPS) is 19.4. The van der Waals surface area contributed by atoms with E-state index >= 15 is 0 Å². The lowest BCUT2D eigenvalue weighted by Crippen LogP contribution is -2.45. The first kappa shape index (κ1) is 16.6. The zero-order valence-electron chi connectivity index (χ0n) is 14.8. The fourth-order valence-corrected chi connectivity index (χ4v) is 3.82. The van der Waals surface area contributed by atoms with Crippen LogP contribution in [0, 0.1) is 0 Å². The summed E-state index contributed by atoms with van der Waals surface area (Å²) in [7, 11) is 0. The summed E-state index contributed by atoms with van der Waals surface area (Å²) in [6.07, 6.45) is 5.19. The Bertz CT molecular complexity index is 830. The number of hydrogen-bond acceptors (Lipinski definition) is 4. The number of anilines is 2. The Kier molecular flexibility index (Phi) is 4.32. The van der Waals surface area contributed by atoms with Crippen LogP contribution in [0.25, 0.3) is 0 Å². The van der Waals surface area contributed by atoms with E-state index in [1.165, 1.54) is 5.56 Å². The van der Waals surface area contributed by atoms with Gasteiger partial charge in [0.1, 0.15) is 0 Å². The van der Waals surface area contributed by atoms with Crippen LogP contribution < -0.4 is 9.80 Å². The molecule has 3 heterocycles. The van der Waals surface area contributed by atoms with Crippen LogP contribution in [-0.2, 0) is 11.2 Å². The number of carbonyl (C=O) groups excluding carboxylic acids is 2. The molecular formula is C20H22N4O2. The third-order valence-electron chi connectivity index (χ3n) is 5.23. The third kappa shape index (κ3) is 2.92. The minimum Gasteiger partial charge on any atom is -0.367 e. The molecule has 134 valence electrons. The number of piperazine rings is 1. The molecule has 6 heteroatoms. The predicted molar refractivity (Wildman–Crippen MR) is 101 cm³/mol. The molecule has 2 amide bonds. The Hall–Kier alpha value is -2.89. The quantitative estimate of drug-likeness (QED) is 0.794. The number of fused-ring (bicyclic) bond motifs is 1. The van der Waals surface area contributed by atoms with E-state index in [2.05, 4.69) is 22.9 Å². The van der Waals surface area contributed by atoms with E-state index in [9.17, 15) is 9.59 Å². The smallest absolute Gasteiger partial charge is 0.260 e. The summed E-state index contributed by atoms with van der Waals surface area (Å²) in [6, 6.07) is 10.1. The second kappa shape index (κ2) is 6.78. The second-order valence-corrected chi connectivity index (χ2v) is 6.92. The molecule has 6 nitrogen and oxygen atoms in total. The number of para-hydroxylation sites is 1. The lowest BCUT2D eigenvalue weighted by Gasteiger charge is -2.34. The monoisotopic (exact) mass is 350 g/mol. The lowest BCUT2D eigenvalue weighted by molar-refractivity contribution is -0.118. The van der Waals surface area contributed by atoms with E-state index in [1.807, 2.05) is 29.2 Å². The van der Waals surface area contributed by atoms with E-state index in [4.69, 9.17) is 0 Å². The van der Waals surface area contributed by atoms with Gasteiger partial charge in [-0.3, -0.25) is 14.6 Å². The number of aromatic nitrogens is 1. The molecule has 0 bridgehead atoms. The van der Waals surface area contributed by atoms with Crippen LogP contribution in [0.15, 0.2) is 42.7 Å². The standard InChI is InChI=1S/C20H22N4O2/c1-15-10-16-4-2-3-5-19(16)24(15)20(26)17-11-18(13-21-12-17)23-8-6-22(14-25)7-9-23/h2-5,11-15H,6-10H2,1H3. The topological polar surface area (TPSA) is 56.8 Å². The fourth-order valence-electron chi connectivity index (χ4n) is 3.82. The number of benzene rings is 1. The van der Waals surface area contributed by atoms with Crippen molar-refractivity contribution in [3.63, 3.8) is 0 Å². The van der Waals surface area contributed by atoms with E-state index in [-0.39, 0.29) is 11.9 Å². The summed E-state index contributed by atoms with van der Waals surface area (Å²) in [6.45, 7) is 4.96. The molecule has 0 radical (unpaired) electrons. The molecule has 0 N–H and O–H groups in total. The zero-order chi connectivity index (χ0) is 18.1. The van der Waals surface area contributed by atoms with Gasteiger partial charge in [0.2, 0.25) is 6.41 Å². The van der Waals surface area contributed by atoms with Crippen molar-refractivity contribution in [1.29, 1.82) is 0 Å². The predicted octanol–water partition coefficient (Wildman–Crippen LogP) is 1.95. The summed E-state index contributed by atoms with van der Waals surface area (Å²) >= 11 is 0. The molecule has 2 aromatic rings. The van der Waals surface area contributed by atoms with Crippen molar-refractivity contribution < 1.29 is 9.59 Å². The van der Waals surface area contributed by atoms with Gasteiger partial charge in [-0.15, -0.1) is 0 Å². The van der Waals surface area contributed by atoms with Gasteiger partial charge in [0.25, 0.3) is 5.91 Å². The van der Waals surface area contributed by atoms with Crippen molar-refractivity contribution in [2.45, 2.75) is 19.4 Å². The number of rotatable bonds is 3. The Morgan fingerprint density at radius 2 is 1.92 bits per heavy atom. The molecule has 26 heavy (non-hydrogen) atoms. The molecule has 0 spiro atoms. The molecule has 1 fully saturated rings. The molecule has 1 saturated heterocycles. The van der Waals surface area contributed by atoms with Gasteiger partial charge in [0.05, 0.1) is 17.4 Å². The van der Waals surface area contributed by atoms with Gasteiger partial charge in [0.15, 0.2) is 0 Å². The Morgan fingerprint density at radius 1 is 1.15 bits per heavy atom. The number of carbonyl (C=O) groups is 2. The SMILES string of the molecule is CC1Cc2ccccc2N1C(=O)c1cncc(N2CCN(C=O)CC2)c1. The molecule has 2 aliphatic heterocycles. The first-order valence-corrected chi connectivity index (χ1v) is 8.98. The zero-order valence-corrected chi connectivity index (χ0v) is 14.8. The highest BCUT2D eigenvalue weighted by molar-refractivity contribution is 6.08. The van der Waals surface area contributed by atoms with Gasteiger partial charge >= 0.3 is 0 Å². The van der Waals surface area contributed by atoms with Crippen molar-refractivity contribution in [3.05, 3.63) is 53.9 Å². The van der Waals surface area contributed by atoms with E-state index < -0.39 is 0 Å². The summed E-state index contributed by atoms with van der Waals surface area (Å²) in [4.78, 5) is 34.1. The highest BCUT2D eigenvalue weighted by Gasteiger charge is 2.31. The third-order valence-corrected chi connectivity index (χ3v) is 5.23. The second-order valence-electron chi connectivity index (χ2n) is 6.92. The van der Waals surface area contributed by atoms with Gasteiger partial charge in [-0.1, -0.05) is 18.2 Å². The van der Waals surface area contributed by atoms with Gasteiger partial charge in [-0.05, 0) is 31.0 Å². The maximum atomic E-state index is 13.2. The van der Waals surface area contributed by atoms with Crippen molar-refractivity contribution >= 4 is 23.7 Å². The maximum Gasteiger partial charge on any atom is 0.260 e. The Morgan fingerprint density at radius 3 is 2.69 bits per heavy atom. The highest BCUT2D eigenvalue weighted by atomic mass is 16.2. The van der Waals surface area contributed by atoms with Crippen LogP contribution in [0.2, 0.25) is 0 Å². The average molecular weight is 350 g/mol. The first-order chi connectivity index (χ1) is 12.7. The van der Waals surface area contributed by atoms with Crippen LogP contribution in [0.4, 0.5) is 11.4 Å². The van der Waals surface area contributed by atoms with Crippen LogP contribution in [0.5, 0.6) is 0 Å². The average Bonchev–Trinajstić information content (AvgIpc) is 3.03. The van der Waals surface area contributed by atoms with E-state index in [0.29, 0.717) is 18.7 Å². The molecule has 0 saturated carbocycles. The fraction of sp³-hybridized carbons (Fsp3) is 0.350. The molecule has 0 aliphatic carbocycles. The van der Waals surface area contributed by atoms with E-state index in [0.717, 1.165) is 37.3 Å². The lowest BCUT2D eigenvalue weighted by atomic mass is 10.1. The van der Waals surface area contributed by atoms with Crippen molar-refractivity contribution in [3.8, 4) is 0 Å². The van der Waals surface area contributed by atoms with Crippen LogP contribution in [0.1, 0.15) is 22.8 Å². The molecule has 1 atom stereocenters. The Labute approximate surface area is 153 Å². The minimum absolute atomic E-state index is 0.0108. The molecule has 1 aromatic carbocycles. The maximum absolute atomic E-state index is 13.2. The molecule has 4 rings (SSSR count). The van der Waals surface area contributed by atoms with Gasteiger partial charge < -0.3 is 14.7 Å². The molecule has 1 aromatic heterocycles. The molecular weight excluding hydrogens is 328 g/mol. The van der Waals surface area contributed by atoms with Crippen molar-refractivity contribution in [2.24, 2.45) is 0 Å². The van der Waals surface area contributed by atoms with Gasteiger partial charge in [-0.25, -0.2) is 0 Å². The number of hydrogen-bond donors (Lipinski definition) is 0. The molecule has 2 aliphatic rings. The molecule has 1 unspecified atom stereocenters. The largest absolute Gasteiger partial charge is 0.367 e. The van der Waals surface area contributed by atoms with Crippen molar-refractivity contribution in [1.82, 2.24) is 9.88 Å². The van der Waals surface area contributed by atoms with Gasteiger partial charge in [0, 0.05) is 44.1 Å². The van der Waals surface area contributed by atoms with Crippen LogP contribution in [-0.4, -0.2) is 54.4 Å². The number of amides is 2. The Balaban J connectivity index is 1.57. The highest BCUT2D eigenvalue weighted by Crippen LogP contribution is 2.33. The summed E-state index contributed by atoms with van der Waals surface area (Å²) in [5.74, 6) is -0.0108. The number of pyridine rings is 1. The summed E-state index contributed by atoms with van der Waals surface area (Å²) in [5.41, 5.74) is 3.74. The number of nitrogens with zero attached hydrogens (tertiary/aromatic N) is 4. The van der Waals surface area contributed by atoms with Crippen LogP contribution in [0.3, 0.4) is 0 Å².